The second-order valence-electron chi connectivity index (χ2n) is 3.95. The van der Waals surface area contributed by atoms with Gasteiger partial charge >= 0.3 is 0 Å². The van der Waals surface area contributed by atoms with E-state index in [0.717, 1.165) is 10.1 Å². The van der Waals surface area contributed by atoms with Crippen molar-refractivity contribution >= 4 is 37.4 Å². The van der Waals surface area contributed by atoms with Crippen LogP contribution in [0.3, 0.4) is 0 Å². The van der Waals surface area contributed by atoms with Crippen LogP contribution >= 0.6 is 11.3 Å². The third kappa shape index (κ3) is 3.52. The predicted molar refractivity (Wildman–Crippen MR) is 77.0 cm³/mol. The Morgan fingerprint density at radius 1 is 1.32 bits per heavy atom. The van der Waals surface area contributed by atoms with Crippen molar-refractivity contribution in [2.45, 2.75) is 0 Å². The average Bonchev–Trinajstić information content (AvgIpc) is 2.85. The molecule has 2 N–H and O–H groups in total. The maximum Gasteiger partial charge on any atom is 0.251 e. The number of thiophene rings is 1. The molecule has 0 aliphatic heterocycles. The number of rotatable bonds is 5. The lowest BCUT2D eigenvalue weighted by Gasteiger charge is -2.05. The SMILES string of the molecule is CNS(=O)(=O)CCNC(=O)c1ccc2sccc2c1. The lowest BCUT2D eigenvalue weighted by atomic mass is 10.1. The number of hydrogen-bond donors (Lipinski definition) is 2. The summed E-state index contributed by atoms with van der Waals surface area (Å²) in [6.45, 7) is 0.0870. The van der Waals surface area contributed by atoms with Crippen molar-refractivity contribution < 1.29 is 13.2 Å². The van der Waals surface area contributed by atoms with Gasteiger partial charge in [0.2, 0.25) is 10.0 Å². The number of amides is 1. The van der Waals surface area contributed by atoms with E-state index < -0.39 is 10.0 Å². The van der Waals surface area contributed by atoms with Gasteiger partial charge in [0.15, 0.2) is 0 Å². The summed E-state index contributed by atoms with van der Waals surface area (Å²) in [5.41, 5.74) is 0.535. The first-order valence-electron chi connectivity index (χ1n) is 5.68. The van der Waals surface area contributed by atoms with Crippen LogP contribution in [-0.4, -0.2) is 33.7 Å². The summed E-state index contributed by atoms with van der Waals surface area (Å²) >= 11 is 1.61. The second-order valence-corrected chi connectivity index (χ2v) is 6.95. The Hall–Kier alpha value is -1.44. The minimum atomic E-state index is -3.29. The zero-order valence-corrected chi connectivity index (χ0v) is 12.0. The monoisotopic (exact) mass is 298 g/mol. The van der Waals surface area contributed by atoms with Crippen molar-refractivity contribution in [2.24, 2.45) is 0 Å². The molecule has 102 valence electrons. The van der Waals surface area contributed by atoms with Crippen LogP contribution in [0.1, 0.15) is 10.4 Å². The van der Waals surface area contributed by atoms with E-state index in [1.165, 1.54) is 7.05 Å². The molecule has 1 heterocycles. The Balaban J connectivity index is 2.00. The smallest absolute Gasteiger partial charge is 0.251 e. The summed E-state index contributed by atoms with van der Waals surface area (Å²) in [5.74, 6) is -0.393. The molecular weight excluding hydrogens is 284 g/mol. The van der Waals surface area contributed by atoms with Crippen molar-refractivity contribution in [3.63, 3.8) is 0 Å². The normalized spacial score (nSPS) is 11.6. The number of nitrogens with one attached hydrogen (secondary N) is 2. The molecule has 0 saturated heterocycles. The van der Waals surface area contributed by atoms with E-state index in [4.69, 9.17) is 0 Å². The molecule has 7 heteroatoms. The third-order valence-corrected chi connectivity index (χ3v) is 4.94. The molecular formula is C12H14N2O3S2. The van der Waals surface area contributed by atoms with Gasteiger partial charge in [-0.3, -0.25) is 4.79 Å². The van der Waals surface area contributed by atoms with Crippen LogP contribution in [0.5, 0.6) is 0 Å². The highest BCUT2D eigenvalue weighted by atomic mass is 32.2. The quantitative estimate of drug-likeness (QED) is 0.870. The highest BCUT2D eigenvalue weighted by Gasteiger charge is 2.10. The van der Waals surface area contributed by atoms with Crippen LogP contribution in [0, 0.1) is 0 Å². The Morgan fingerprint density at radius 3 is 2.84 bits per heavy atom. The molecule has 2 rings (SSSR count). The molecule has 1 aromatic heterocycles. The number of fused-ring (bicyclic) bond motifs is 1. The molecule has 2 aromatic rings. The summed E-state index contributed by atoms with van der Waals surface area (Å²) in [6, 6.07) is 7.37. The van der Waals surface area contributed by atoms with Gasteiger partial charge in [-0.1, -0.05) is 0 Å². The van der Waals surface area contributed by atoms with Gasteiger partial charge in [0.25, 0.3) is 5.91 Å². The number of carbonyl (C=O) groups excluding carboxylic acids is 1. The van der Waals surface area contributed by atoms with Gasteiger partial charge in [-0.2, -0.15) is 0 Å². The third-order valence-electron chi connectivity index (χ3n) is 2.68. The van der Waals surface area contributed by atoms with E-state index in [9.17, 15) is 13.2 Å². The maximum atomic E-state index is 11.9. The largest absolute Gasteiger partial charge is 0.351 e. The molecule has 5 nitrogen and oxygen atoms in total. The summed E-state index contributed by atoms with van der Waals surface area (Å²) in [5, 5.41) is 5.57. The number of benzene rings is 1. The van der Waals surface area contributed by atoms with Crippen LogP contribution in [0.15, 0.2) is 29.6 Å². The van der Waals surface area contributed by atoms with Crippen LogP contribution in [-0.2, 0) is 10.0 Å². The highest BCUT2D eigenvalue weighted by Crippen LogP contribution is 2.21. The van der Waals surface area contributed by atoms with E-state index in [1.54, 1.807) is 23.5 Å². The van der Waals surface area contributed by atoms with Crippen molar-refractivity contribution in [3.05, 3.63) is 35.2 Å². The van der Waals surface area contributed by atoms with Gasteiger partial charge < -0.3 is 5.32 Å². The van der Waals surface area contributed by atoms with E-state index in [2.05, 4.69) is 10.0 Å². The second kappa shape index (κ2) is 5.68. The molecule has 0 atom stereocenters. The Labute approximate surface area is 115 Å². The number of hydrogen-bond acceptors (Lipinski definition) is 4. The molecule has 1 amide bonds. The van der Waals surface area contributed by atoms with Crippen LogP contribution in [0.25, 0.3) is 10.1 Å². The zero-order chi connectivity index (χ0) is 13.9. The Morgan fingerprint density at radius 2 is 2.11 bits per heavy atom. The molecule has 0 fully saturated rings. The number of sulfonamides is 1. The van der Waals surface area contributed by atoms with Crippen LogP contribution in [0.4, 0.5) is 0 Å². The molecule has 0 aliphatic rings. The maximum absolute atomic E-state index is 11.9. The van der Waals surface area contributed by atoms with Crippen LogP contribution < -0.4 is 10.0 Å². The van der Waals surface area contributed by atoms with Crippen molar-refractivity contribution in [1.82, 2.24) is 10.0 Å². The van der Waals surface area contributed by atoms with E-state index in [-0.39, 0.29) is 18.2 Å². The fourth-order valence-corrected chi connectivity index (χ4v) is 2.96. The Bertz CT molecular complexity index is 692. The van der Waals surface area contributed by atoms with E-state index in [0.29, 0.717) is 5.56 Å². The minimum Gasteiger partial charge on any atom is -0.351 e. The minimum absolute atomic E-state index is 0.0870. The zero-order valence-electron chi connectivity index (χ0n) is 10.3. The lowest BCUT2D eigenvalue weighted by Crippen LogP contribution is -2.32. The molecule has 19 heavy (non-hydrogen) atoms. The van der Waals surface area contributed by atoms with Gasteiger partial charge in [-0.15, -0.1) is 11.3 Å². The summed E-state index contributed by atoms with van der Waals surface area (Å²) < 4.78 is 25.7. The molecule has 0 aliphatic carbocycles. The highest BCUT2D eigenvalue weighted by molar-refractivity contribution is 7.89. The Kier molecular flexibility index (Phi) is 4.18. The molecule has 0 radical (unpaired) electrons. The summed E-state index contributed by atoms with van der Waals surface area (Å²) in [6.07, 6.45) is 0. The lowest BCUT2D eigenvalue weighted by molar-refractivity contribution is 0.0956. The first-order chi connectivity index (χ1) is 9.02. The summed E-state index contributed by atoms with van der Waals surface area (Å²) in [4.78, 5) is 11.9. The average molecular weight is 298 g/mol. The predicted octanol–water partition coefficient (Wildman–Crippen LogP) is 1.18. The molecule has 0 saturated carbocycles. The van der Waals surface area contributed by atoms with Crippen molar-refractivity contribution in [3.8, 4) is 0 Å². The van der Waals surface area contributed by atoms with Gasteiger partial charge in [0, 0.05) is 16.8 Å². The molecule has 1 aromatic carbocycles. The van der Waals surface area contributed by atoms with Gasteiger partial charge in [0.05, 0.1) is 5.75 Å². The fourth-order valence-electron chi connectivity index (χ4n) is 1.61. The van der Waals surface area contributed by atoms with Gasteiger partial charge in [-0.25, -0.2) is 13.1 Å². The van der Waals surface area contributed by atoms with Gasteiger partial charge in [-0.05, 0) is 42.1 Å². The van der Waals surface area contributed by atoms with Crippen molar-refractivity contribution in [1.29, 1.82) is 0 Å². The molecule has 0 bridgehead atoms. The molecule has 0 unspecified atom stereocenters. The number of carbonyl (C=O) groups is 1. The van der Waals surface area contributed by atoms with Crippen molar-refractivity contribution in [2.75, 3.05) is 19.3 Å². The van der Waals surface area contributed by atoms with E-state index >= 15 is 0 Å². The first-order valence-corrected chi connectivity index (χ1v) is 8.22. The summed E-state index contributed by atoms with van der Waals surface area (Å²) in [7, 11) is -1.94. The standard InChI is InChI=1S/C12H14N2O3S2/c1-13-19(16,17)7-5-14-12(15)10-2-3-11-9(8-10)4-6-18-11/h2-4,6,8,13H,5,7H2,1H3,(H,14,15). The van der Waals surface area contributed by atoms with Crippen LogP contribution in [0.2, 0.25) is 0 Å². The van der Waals surface area contributed by atoms with E-state index in [1.807, 2.05) is 17.5 Å². The molecule has 0 spiro atoms. The topological polar surface area (TPSA) is 75.3 Å². The first kappa shape index (κ1) is 14.0. The fraction of sp³-hybridized carbons (Fsp3) is 0.250. The van der Waals surface area contributed by atoms with Gasteiger partial charge in [0.1, 0.15) is 0 Å².